The number of hydrogen-bond acceptors (Lipinski definition) is 3. The van der Waals surface area contributed by atoms with Gasteiger partial charge in [-0.05, 0) is 31.9 Å². The maximum Gasteiger partial charge on any atom is 0.319 e. The van der Waals surface area contributed by atoms with Crippen molar-refractivity contribution in [3.8, 4) is 0 Å². The van der Waals surface area contributed by atoms with Crippen LogP contribution in [0.5, 0.6) is 0 Å². The number of nitrogens with one attached hydrogen (secondary N) is 2. The summed E-state index contributed by atoms with van der Waals surface area (Å²) >= 11 is 0. The van der Waals surface area contributed by atoms with Crippen LogP contribution in [0, 0.1) is 6.92 Å². The molecule has 0 bridgehead atoms. The first-order valence-electron chi connectivity index (χ1n) is 8.11. The lowest BCUT2D eigenvalue weighted by molar-refractivity contribution is 0.251. The highest BCUT2D eigenvalue weighted by molar-refractivity contribution is 5.89. The molecule has 7 nitrogen and oxygen atoms in total. The van der Waals surface area contributed by atoms with Gasteiger partial charge in [-0.2, -0.15) is 5.10 Å². The van der Waals surface area contributed by atoms with Crippen LogP contribution in [0.4, 0.5) is 10.5 Å². The minimum absolute atomic E-state index is 0.239. The average Bonchev–Trinajstić information content (AvgIpc) is 3.22. The highest BCUT2D eigenvalue weighted by Gasteiger charge is 2.26. The number of pyridine rings is 1. The zero-order valence-corrected chi connectivity index (χ0v) is 13.8. The van der Waals surface area contributed by atoms with Crippen LogP contribution >= 0.6 is 0 Å². The number of carbonyl (C=O) groups is 1. The Kier molecular flexibility index (Phi) is 3.48. The summed E-state index contributed by atoms with van der Waals surface area (Å²) in [4.78, 5) is 16.5. The molecule has 2 amide bonds. The smallest absolute Gasteiger partial charge is 0.319 e. The van der Waals surface area contributed by atoms with Crippen LogP contribution in [0.3, 0.4) is 0 Å². The fraction of sp³-hybridized carbons (Fsp3) is 0.353. The van der Waals surface area contributed by atoms with Crippen molar-refractivity contribution < 1.29 is 4.79 Å². The van der Waals surface area contributed by atoms with Gasteiger partial charge in [0.1, 0.15) is 5.65 Å². The van der Waals surface area contributed by atoms with E-state index in [0.717, 1.165) is 22.7 Å². The zero-order chi connectivity index (χ0) is 16.7. The highest BCUT2D eigenvalue weighted by atomic mass is 16.2. The molecule has 0 spiro atoms. The number of imidazole rings is 1. The summed E-state index contributed by atoms with van der Waals surface area (Å²) in [6.45, 7) is 2.39. The van der Waals surface area contributed by atoms with E-state index in [1.165, 1.54) is 12.8 Å². The Morgan fingerprint density at radius 1 is 1.38 bits per heavy atom. The lowest BCUT2D eigenvalue weighted by Crippen LogP contribution is -2.29. The Bertz CT molecular complexity index is 905. The molecular formula is C17H20N6O. The SMILES string of the molecule is Cc1cn2ccc(NC(=O)NCc3cc(C4CC4)nn3C)cc2n1. The normalized spacial score (nSPS) is 14.1. The van der Waals surface area contributed by atoms with Crippen molar-refractivity contribution in [1.29, 1.82) is 0 Å². The van der Waals surface area contributed by atoms with Crippen molar-refractivity contribution in [2.45, 2.75) is 32.2 Å². The van der Waals surface area contributed by atoms with E-state index < -0.39 is 0 Å². The molecule has 0 aromatic carbocycles. The average molecular weight is 324 g/mol. The molecule has 7 heteroatoms. The summed E-state index contributed by atoms with van der Waals surface area (Å²) in [5, 5.41) is 10.2. The van der Waals surface area contributed by atoms with Crippen LogP contribution in [0.2, 0.25) is 0 Å². The van der Waals surface area contributed by atoms with Crippen LogP contribution in [0.1, 0.15) is 35.8 Å². The predicted octanol–water partition coefficient (Wildman–Crippen LogP) is 2.58. The number of anilines is 1. The molecule has 0 saturated heterocycles. The first kappa shape index (κ1) is 14.7. The van der Waals surface area contributed by atoms with Gasteiger partial charge in [-0.3, -0.25) is 4.68 Å². The lowest BCUT2D eigenvalue weighted by Gasteiger charge is -2.08. The Balaban J connectivity index is 1.38. The Morgan fingerprint density at radius 3 is 3.00 bits per heavy atom. The van der Waals surface area contributed by atoms with Gasteiger partial charge in [0.25, 0.3) is 0 Å². The van der Waals surface area contributed by atoms with Crippen LogP contribution in [0.25, 0.3) is 5.65 Å². The van der Waals surface area contributed by atoms with Gasteiger partial charge in [-0.1, -0.05) is 0 Å². The number of aromatic nitrogens is 4. The predicted molar refractivity (Wildman–Crippen MR) is 91.0 cm³/mol. The summed E-state index contributed by atoms with van der Waals surface area (Å²) in [6.07, 6.45) is 6.27. The molecule has 1 aliphatic rings. The Morgan fingerprint density at radius 2 is 2.21 bits per heavy atom. The molecule has 1 aliphatic carbocycles. The van der Waals surface area contributed by atoms with Crippen molar-refractivity contribution in [3.05, 3.63) is 47.7 Å². The molecule has 3 aromatic heterocycles. The molecule has 0 atom stereocenters. The van der Waals surface area contributed by atoms with Crippen molar-refractivity contribution in [2.24, 2.45) is 7.05 Å². The number of nitrogens with zero attached hydrogens (tertiary/aromatic N) is 4. The van der Waals surface area contributed by atoms with Gasteiger partial charge in [-0.25, -0.2) is 9.78 Å². The summed E-state index contributed by atoms with van der Waals surface area (Å²) in [5.74, 6) is 0.614. The van der Waals surface area contributed by atoms with Crippen LogP contribution < -0.4 is 10.6 Å². The molecule has 3 aromatic rings. The molecule has 0 aliphatic heterocycles. The maximum absolute atomic E-state index is 12.1. The van der Waals surface area contributed by atoms with E-state index >= 15 is 0 Å². The second kappa shape index (κ2) is 5.67. The quantitative estimate of drug-likeness (QED) is 0.774. The minimum atomic E-state index is -0.239. The third-order valence-electron chi connectivity index (χ3n) is 4.26. The largest absolute Gasteiger partial charge is 0.332 e. The standard InChI is InChI=1S/C17H20N6O/c1-11-10-23-6-5-13(7-16(23)19-11)20-17(24)18-9-14-8-15(12-3-4-12)21-22(14)2/h5-8,10,12H,3-4,9H2,1-2H3,(H2,18,20,24). The number of fused-ring (bicyclic) bond motifs is 1. The number of hydrogen-bond donors (Lipinski definition) is 2. The molecular weight excluding hydrogens is 304 g/mol. The number of urea groups is 1. The van der Waals surface area contributed by atoms with Crippen molar-refractivity contribution in [2.75, 3.05) is 5.32 Å². The monoisotopic (exact) mass is 324 g/mol. The fourth-order valence-electron chi connectivity index (χ4n) is 2.81. The first-order valence-corrected chi connectivity index (χ1v) is 8.11. The number of aryl methyl sites for hydroxylation is 2. The summed E-state index contributed by atoms with van der Waals surface area (Å²) in [7, 11) is 1.91. The van der Waals surface area contributed by atoms with E-state index in [1.54, 1.807) is 0 Å². The third kappa shape index (κ3) is 2.97. The molecule has 124 valence electrons. The van der Waals surface area contributed by atoms with E-state index in [2.05, 4.69) is 26.8 Å². The number of rotatable bonds is 4. The van der Waals surface area contributed by atoms with E-state index in [0.29, 0.717) is 18.2 Å². The van der Waals surface area contributed by atoms with Gasteiger partial charge < -0.3 is 15.0 Å². The Labute approximate surface area is 139 Å². The molecule has 1 fully saturated rings. The summed E-state index contributed by atoms with van der Waals surface area (Å²) in [5.41, 5.74) is 4.61. The maximum atomic E-state index is 12.1. The lowest BCUT2D eigenvalue weighted by atomic mass is 10.2. The van der Waals surface area contributed by atoms with Crippen molar-refractivity contribution >= 4 is 17.4 Å². The second-order valence-corrected chi connectivity index (χ2v) is 6.33. The van der Waals surface area contributed by atoms with Gasteiger partial charge >= 0.3 is 6.03 Å². The van der Waals surface area contributed by atoms with E-state index in [-0.39, 0.29) is 6.03 Å². The van der Waals surface area contributed by atoms with Crippen LogP contribution in [0.15, 0.2) is 30.6 Å². The molecule has 0 unspecified atom stereocenters. The van der Waals surface area contributed by atoms with E-state index in [1.807, 2.05) is 47.6 Å². The molecule has 24 heavy (non-hydrogen) atoms. The summed E-state index contributed by atoms with van der Waals surface area (Å²) < 4.78 is 3.76. The van der Waals surface area contributed by atoms with Crippen molar-refractivity contribution in [3.63, 3.8) is 0 Å². The molecule has 0 radical (unpaired) electrons. The fourth-order valence-corrected chi connectivity index (χ4v) is 2.81. The highest BCUT2D eigenvalue weighted by Crippen LogP contribution is 2.39. The topological polar surface area (TPSA) is 76.2 Å². The van der Waals surface area contributed by atoms with Crippen LogP contribution in [-0.4, -0.2) is 25.2 Å². The van der Waals surface area contributed by atoms with E-state index in [9.17, 15) is 4.79 Å². The first-order chi connectivity index (χ1) is 11.6. The molecule has 4 rings (SSSR count). The van der Waals surface area contributed by atoms with Crippen LogP contribution in [-0.2, 0) is 13.6 Å². The van der Waals surface area contributed by atoms with Gasteiger partial charge in [0.05, 0.1) is 23.6 Å². The third-order valence-corrected chi connectivity index (χ3v) is 4.26. The minimum Gasteiger partial charge on any atom is -0.332 e. The van der Waals surface area contributed by atoms with Gasteiger partial charge in [0.15, 0.2) is 0 Å². The van der Waals surface area contributed by atoms with Gasteiger partial charge in [0, 0.05) is 37.1 Å². The summed E-state index contributed by atoms with van der Waals surface area (Å²) in [6, 6.07) is 5.54. The zero-order valence-electron chi connectivity index (χ0n) is 13.8. The Hall–Kier alpha value is -2.83. The molecule has 3 heterocycles. The molecule has 2 N–H and O–H groups in total. The van der Waals surface area contributed by atoms with Gasteiger partial charge in [-0.15, -0.1) is 0 Å². The van der Waals surface area contributed by atoms with E-state index in [4.69, 9.17) is 0 Å². The van der Waals surface area contributed by atoms with Gasteiger partial charge in [0.2, 0.25) is 0 Å². The number of amides is 2. The molecule has 1 saturated carbocycles. The van der Waals surface area contributed by atoms with Crippen molar-refractivity contribution in [1.82, 2.24) is 24.5 Å². The number of carbonyl (C=O) groups excluding carboxylic acids is 1. The second-order valence-electron chi connectivity index (χ2n) is 6.33.